The molecular weight excluding hydrogens is 499 g/mol. The second-order valence-corrected chi connectivity index (χ2v) is 14.0. The lowest BCUT2D eigenvalue weighted by Crippen LogP contribution is -2.29. The van der Waals surface area contributed by atoms with Gasteiger partial charge in [0.25, 0.3) is 0 Å². The van der Waals surface area contributed by atoms with Gasteiger partial charge in [0.2, 0.25) is 0 Å². The lowest BCUT2D eigenvalue weighted by Gasteiger charge is -2.36. The molecular formula is C35H41O3P. The lowest BCUT2D eigenvalue weighted by atomic mass is 9.90. The van der Waals surface area contributed by atoms with Gasteiger partial charge in [-0.25, -0.2) is 0 Å². The van der Waals surface area contributed by atoms with Gasteiger partial charge in [-0.05, 0) is 91.8 Å². The fourth-order valence-corrected chi connectivity index (χ4v) is 8.65. The molecule has 4 rings (SSSR count). The monoisotopic (exact) mass is 540 g/mol. The molecule has 204 valence electrons. The van der Waals surface area contributed by atoms with E-state index in [0.29, 0.717) is 0 Å². The average molecular weight is 541 g/mol. The Hall–Kier alpha value is -3.29. The summed E-state index contributed by atoms with van der Waals surface area (Å²) in [5.74, 6) is 2.63. The minimum Gasteiger partial charge on any atom is -0.496 e. The van der Waals surface area contributed by atoms with Crippen LogP contribution in [0.2, 0.25) is 0 Å². The summed E-state index contributed by atoms with van der Waals surface area (Å²) in [6.45, 7) is 13.5. The van der Waals surface area contributed by atoms with Gasteiger partial charge in [-0.2, -0.15) is 0 Å². The topological polar surface area (TPSA) is 27.7 Å². The van der Waals surface area contributed by atoms with Crippen LogP contribution in [0.4, 0.5) is 0 Å². The lowest BCUT2D eigenvalue weighted by molar-refractivity contribution is 0.407. The summed E-state index contributed by atoms with van der Waals surface area (Å²) in [4.78, 5) is 0. The van der Waals surface area contributed by atoms with Crippen molar-refractivity contribution < 1.29 is 14.2 Å². The number of aryl methyl sites for hydroxylation is 3. The molecule has 39 heavy (non-hydrogen) atoms. The van der Waals surface area contributed by atoms with E-state index in [1.807, 2.05) is 18.2 Å². The van der Waals surface area contributed by atoms with Gasteiger partial charge in [-0.3, -0.25) is 0 Å². The number of methoxy groups -OCH3 is 3. The van der Waals surface area contributed by atoms with Crippen LogP contribution in [0.5, 0.6) is 17.2 Å². The van der Waals surface area contributed by atoms with Crippen molar-refractivity contribution in [3.8, 4) is 28.4 Å². The van der Waals surface area contributed by atoms with Crippen molar-refractivity contribution in [2.24, 2.45) is 0 Å². The third-order valence-corrected chi connectivity index (χ3v) is 10.3. The molecule has 0 aliphatic heterocycles. The summed E-state index contributed by atoms with van der Waals surface area (Å²) in [5.41, 5.74) is 8.78. The van der Waals surface area contributed by atoms with E-state index in [4.69, 9.17) is 14.2 Å². The normalized spacial score (nSPS) is 12.2. The first-order chi connectivity index (χ1) is 18.6. The highest BCUT2D eigenvalue weighted by atomic mass is 31.1. The van der Waals surface area contributed by atoms with Crippen molar-refractivity contribution in [2.75, 3.05) is 21.3 Å². The molecule has 4 aromatic carbocycles. The van der Waals surface area contributed by atoms with Gasteiger partial charge in [0.05, 0.1) is 21.3 Å². The Morgan fingerprint density at radius 3 is 1.77 bits per heavy atom. The average Bonchev–Trinajstić information content (AvgIpc) is 2.89. The van der Waals surface area contributed by atoms with E-state index in [9.17, 15) is 0 Å². The van der Waals surface area contributed by atoms with Crippen LogP contribution in [-0.4, -0.2) is 26.5 Å². The van der Waals surface area contributed by atoms with Crippen molar-refractivity contribution in [1.82, 2.24) is 0 Å². The molecule has 0 amide bonds. The number of rotatable bonds is 8. The molecule has 1 unspecified atom stereocenters. The molecule has 0 radical (unpaired) electrons. The molecule has 0 aliphatic carbocycles. The van der Waals surface area contributed by atoms with Crippen LogP contribution in [0, 0.1) is 20.8 Å². The molecule has 0 N–H and O–H groups in total. The van der Waals surface area contributed by atoms with Crippen LogP contribution in [0.1, 0.15) is 48.6 Å². The van der Waals surface area contributed by atoms with Crippen LogP contribution in [0.25, 0.3) is 11.1 Å². The molecule has 0 bridgehead atoms. The second-order valence-electron chi connectivity index (χ2n) is 11.1. The van der Waals surface area contributed by atoms with Crippen LogP contribution in [0.3, 0.4) is 0 Å². The Bertz CT molecular complexity index is 1440. The van der Waals surface area contributed by atoms with Crippen LogP contribution in [-0.2, 0) is 6.42 Å². The van der Waals surface area contributed by atoms with Crippen LogP contribution in [0.15, 0.2) is 72.8 Å². The van der Waals surface area contributed by atoms with Gasteiger partial charge >= 0.3 is 0 Å². The predicted molar refractivity (Wildman–Crippen MR) is 167 cm³/mol. The standard InChI is InChI=1S/C35H41O3P/c1-23-14-10-11-15-27(23)22-26-20-24(2)32(25(3)21-26)33-29(37-8)18-19-30(38-9)34(33)39(35(4,5)6)31-17-13-12-16-28(31)36-7/h10-21H,22H2,1-9H3. The molecule has 1 atom stereocenters. The van der Waals surface area contributed by atoms with E-state index in [0.717, 1.165) is 29.2 Å². The van der Waals surface area contributed by atoms with Gasteiger partial charge in [-0.15, -0.1) is 0 Å². The fraction of sp³-hybridized carbons (Fsp3) is 0.314. The summed E-state index contributed by atoms with van der Waals surface area (Å²) in [7, 11) is 4.35. The summed E-state index contributed by atoms with van der Waals surface area (Å²) in [6, 6.07) is 25.8. The zero-order valence-corrected chi connectivity index (χ0v) is 25.7. The van der Waals surface area contributed by atoms with E-state index in [-0.39, 0.29) is 5.16 Å². The Morgan fingerprint density at radius 1 is 0.615 bits per heavy atom. The molecule has 3 nitrogen and oxygen atoms in total. The van der Waals surface area contributed by atoms with Gasteiger partial charge in [0, 0.05) is 16.2 Å². The highest BCUT2D eigenvalue weighted by Crippen LogP contribution is 2.55. The third-order valence-electron chi connectivity index (χ3n) is 7.26. The Balaban J connectivity index is 2.01. The first-order valence-corrected chi connectivity index (χ1v) is 14.8. The smallest absolute Gasteiger partial charge is 0.127 e. The molecule has 0 heterocycles. The second kappa shape index (κ2) is 11.8. The quantitative estimate of drug-likeness (QED) is 0.211. The number of benzene rings is 4. The Labute approximate surface area is 235 Å². The van der Waals surface area contributed by atoms with Gasteiger partial charge in [0.1, 0.15) is 17.2 Å². The summed E-state index contributed by atoms with van der Waals surface area (Å²) in [5, 5.41) is 2.30. The highest BCUT2D eigenvalue weighted by Gasteiger charge is 2.36. The summed E-state index contributed by atoms with van der Waals surface area (Å²) in [6.07, 6.45) is 0.909. The molecule has 0 fully saturated rings. The van der Waals surface area contributed by atoms with Crippen molar-refractivity contribution in [1.29, 1.82) is 0 Å². The van der Waals surface area contributed by atoms with E-state index >= 15 is 0 Å². The van der Waals surface area contributed by atoms with Crippen LogP contribution < -0.4 is 24.8 Å². The van der Waals surface area contributed by atoms with Crippen molar-refractivity contribution in [3.05, 3.63) is 101 Å². The first kappa shape index (κ1) is 28.7. The maximum atomic E-state index is 6.09. The van der Waals surface area contributed by atoms with Crippen molar-refractivity contribution in [3.63, 3.8) is 0 Å². The van der Waals surface area contributed by atoms with E-state index in [1.165, 1.54) is 44.0 Å². The van der Waals surface area contributed by atoms with Gasteiger partial charge in [-0.1, -0.05) is 75.4 Å². The van der Waals surface area contributed by atoms with Gasteiger partial charge in [0.15, 0.2) is 0 Å². The van der Waals surface area contributed by atoms with Crippen molar-refractivity contribution >= 4 is 18.5 Å². The largest absolute Gasteiger partial charge is 0.496 e. The van der Waals surface area contributed by atoms with E-state index < -0.39 is 7.92 Å². The van der Waals surface area contributed by atoms with Crippen molar-refractivity contribution in [2.45, 2.75) is 53.1 Å². The molecule has 0 saturated carbocycles. The molecule has 0 aromatic heterocycles. The molecule has 0 saturated heterocycles. The van der Waals surface area contributed by atoms with E-state index in [1.54, 1.807) is 21.3 Å². The summed E-state index contributed by atoms with van der Waals surface area (Å²) >= 11 is 0. The zero-order valence-electron chi connectivity index (χ0n) is 24.8. The number of para-hydroxylation sites is 1. The molecule has 4 heteroatoms. The van der Waals surface area contributed by atoms with Gasteiger partial charge < -0.3 is 14.2 Å². The third kappa shape index (κ3) is 5.85. The maximum absolute atomic E-state index is 6.09. The molecule has 0 spiro atoms. The Morgan fingerprint density at radius 2 is 1.18 bits per heavy atom. The highest BCUT2D eigenvalue weighted by molar-refractivity contribution is 7.75. The fourth-order valence-electron chi connectivity index (χ4n) is 5.56. The molecule has 0 aliphatic rings. The summed E-state index contributed by atoms with van der Waals surface area (Å²) < 4.78 is 18.1. The first-order valence-electron chi connectivity index (χ1n) is 13.4. The Kier molecular flexibility index (Phi) is 8.72. The zero-order chi connectivity index (χ0) is 28.3. The number of hydrogen-bond donors (Lipinski definition) is 0. The maximum Gasteiger partial charge on any atom is 0.127 e. The minimum absolute atomic E-state index is 0.0784. The minimum atomic E-state index is -0.918. The SMILES string of the molecule is COc1ccccc1P(c1c(OC)ccc(OC)c1-c1c(C)cc(Cc2ccccc2C)cc1C)C(C)(C)C. The number of ether oxygens (including phenoxy) is 3. The van der Waals surface area contributed by atoms with E-state index in [2.05, 4.69) is 96.1 Å². The number of hydrogen-bond acceptors (Lipinski definition) is 3. The predicted octanol–water partition coefficient (Wildman–Crippen LogP) is 8.13. The van der Waals surface area contributed by atoms with Crippen LogP contribution >= 0.6 is 7.92 Å². The molecule has 4 aromatic rings.